The Kier molecular flexibility index (Phi) is 3.23. The number of aromatic carboxylic acids is 1. The van der Waals surface area contributed by atoms with E-state index in [4.69, 9.17) is 9.84 Å². The molecule has 0 unspecified atom stereocenters. The topological polar surface area (TPSA) is 59.4 Å². The number of carboxylic acid groups (broad SMARTS) is 1. The number of carboxylic acids is 1. The van der Waals surface area contributed by atoms with E-state index in [0.29, 0.717) is 17.0 Å². The van der Waals surface area contributed by atoms with Crippen LogP contribution in [0.5, 0.6) is 5.75 Å². The van der Waals surface area contributed by atoms with Crippen molar-refractivity contribution >= 4 is 5.97 Å². The van der Waals surface area contributed by atoms with Gasteiger partial charge in [-0.1, -0.05) is 0 Å². The molecule has 0 saturated heterocycles. The van der Waals surface area contributed by atoms with Crippen molar-refractivity contribution in [3.63, 3.8) is 0 Å². The molecule has 0 aliphatic carbocycles. The highest BCUT2D eigenvalue weighted by Crippen LogP contribution is 2.30. The van der Waals surface area contributed by atoms with Gasteiger partial charge in [0.05, 0.1) is 12.7 Å². The minimum atomic E-state index is -1.21. The SMILES string of the molecule is COc1cccnc1-c1ccc(F)cc1C(=O)O. The molecule has 2 aromatic rings. The summed E-state index contributed by atoms with van der Waals surface area (Å²) < 4.78 is 18.2. The molecule has 1 heterocycles. The Morgan fingerprint density at radius 1 is 1.39 bits per heavy atom. The van der Waals surface area contributed by atoms with Crippen molar-refractivity contribution in [1.29, 1.82) is 0 Å². The first kappa shape index (κ1) is 12.0. The van der Waals surface area contributed by atoms with E-state index in [1.54, 1.807) is 12.1 Å². The molecule has 0 spiro atoms. The van der Waals surface area contributed by atoms with Gasteiger partial charge in [-0.25, -0.2) is 9.18 Å². The second kappa shape index (κ2) is 4.83. The van der Waals surface area contributed by atoms with Crippen molar-refractivity contribution in [2.75, 3.05) is 7.11 Å². The number of halogens is 1. The number of rotatable bonds is 3. The molecule has 0 bridgehead atoms. The summed E-state index contributed by atoms with van der Waals surface area (Å²) in [5.41, 5.74) is 0.547. The zero-order valence-electron chi connectivity index (χ0n) is 9.55. The predicted molar refractivity (Wildman–Crippen MR) is 63.1 cm³/mol. The van der Waals surface area contributed by atoms with Gasteiger partial charge in [0.2, 0.25) is 0 Å². The Morgan fingerprint density at radius 3 is 2.83 bits per heavy atom. The van der Waals surface area contributed by atoms with Gasteiger partial charge in [0.15, 0.2) is 0 Å². The van der Waals surface area contributed by atoms with Crippen LogP contribution in [0.25, 0.3) is 11.3 Å². The molecule has 1 aromatic carbocycles. The first-order valence-corrected chi connectivity index (χ1v) is 5.15. The molecular weight excluding hydrogens is 237 g/mol. The van der Waals surface area contributed by atoms with Crippen LogP contribution in [0.15, 0.2) is 36.5 Å². The summed E-state index contributed by atoms with van der Waals surface area (Å²) in [6.07, 6.45) is 1.52. The van der Waals surface area contributed by atoms with Crippen LogP contribution in [-0.4, -0.2) is 23.2 Å². The maximum atomic E-state index is 13.1. The van der Waals surface area contributed by atoms with Crippen molar-refractivity contribution in [2.24, 2.45) is 0 Å². The molecule has 18 heavy (non-hydrogen) atoms. The van der Waals surface area contributed by atoms with Crippen molar-refractivity contribution in [2.45, 2.75) is 0 Å². The summed E-state index contributed by atoms with van der Waals surface area (Å²) in [4.78, 5) is 15.2. The molecule has 1 N–H and O–H groups in total. The van der Waals surface area contributed by atoms with Crippen LogP contribution in [-0.2, 0) is 0 Å². The Bertz CT molecular complexity index is 599. The zero-order chi connectivity index (χ0) is 13.1. The van der Waals surface area contributed by atoms with E-state index in [0.717, 1.165) is 6.07 Å². The van der Waals surface area contributed by atoms with Crippen LogP contribution in [0.4, 0.5) is 4.39 Å². The van der Waals surface area contributed by atoms with Crippen molar-refractivity contribution in [1.82, 2.24) is 4.98 Å². The molecule has 4 nitrogen and oxygen atoms in total. The number of ether oxygens (including phenoxy) is 1. The van der Waals surface area contributed by atoms with E-state index in [-0.39, 0.29) is 5.56 Å². The molecule has 92 valence electrons. The highest BCUT2D eigenvalue weighted by Gasteiger charge is 2.16. The fourth-order valence-corrected chi connectivity index (χ4v) is 1.66. The minimum absolute atomic E-state index is 0.146. The van der Waals surface area contributed by atoms with E-state index in [9.17, 15) is 9.18 Å². The van der Waals surface area contributed by atoms with Crippen LogP contribution in [0.1, 0.15) is 10.4 Å². The number of hydrogen-bond donors (Lipinski definition) is 1. The molecule has 0 saturated carbocycles. The van der Waals surface area contributed by atoms with Gasteiger partial charge in [-0.15, -0.1) is 0 Å². The quantitative estimate of drug-likeness (QED) is 0.905. The highest BCUT2D eigenvalue weighted by molar-refractivity contribution is 5.96. The average Bonchev–Trinajstić information content (AvgIpc) is 2.38. The summed E-state index contributed by atoms with van der Waals surface area (Å²) in [7, 11) is 1.46. The summed E-state index contributed by atoms with van der Waals surface area (Å²) >= 11 is 0. The molecule has 5 heteroatoms. The Labute approximate surface area is 103 Å². The van der Waals surface area contributed by atoms with Crippen LogP contribution in [0.3, 0.4) is 0 Å². The number of carbonyl (C=O) groups is 1. The van der Waals surface area contributed by atoms with Gasteiger partial charge < -0.3 is 9.84 Å². The predicted octanol–water partition coefficient (Wildman–Crippen LogP) is 2.59. The smallest absolute Gasteiger partial charge is 0.336 e. The molecular formula is C13H10FNO3. The maximum Gasteiger partial charge on any atom is 0.336 e. The van der Waals surface area contributed by atoms with Gasteiger partial charge in [0.25, 0.3) is 0 Å². The zero-order valence-corrected chi connectivity index (χ0v) is 9.55. The lowest BCUT2D eigenvalue weighted by Gasteiger charge is -2.09. The van der Waals surface area contributed by atoms with E-state index in [1.807, 2.05) is 0 Å². The third-order valence-electron chi connectivity index (χ3n) is 2.46. The van der Waals surface area contributed by atoms with Gasteiger partial charge in [-0.05, 0) is 30.3 Å². The van der Waals surface area contributed by atoms with Gasteiger partial charge in [0, 0.05) is 11.8 Å². The molecule has 0 fully saturated rings. The minimum Gasteiger partial charge on any atom is -0.494 e. The Morgan fingerprint density at radius 2 is 2.17 bits per heavy atom. The molecule has 1 aromatic heterocycles. The maximum absolute atomic E-state index is 13.1. The average molecular weight is 247 g/mol. The number of benzene rings is 1. The standard InChI is InChI=1S/C13H10FNO3/c1-18-11-3-2-6-15-12(11)9-5-4-8(14)7-10(9)13(16)17/h2-7H,1H3,(H,16,17). The number of methoxy groups -OCH3 is 1. The van der Waals surface area contributed by atoms with Crippen LogP contribution < -0.4 is 4.74 Å². The molecule has 0 radical (unpaired) electrons. The van der Waals surface area contributed by atoms with Gasteiger partial charge in [-0.2, -0.15) is 0 Å². The summed E-state index contributed by atoms with van der Waals surface area (Å²) in [5, 5.41) is 9.08. The second-order valence-corrected chi connectivity index (χ2v) is 3.55. The summed E-state index contributed by atoms with van der Waals surface area (Å²) in [5.74, 6) is -1.38. The summed E-state index contributed by atoms with van der Waals surface area (Å²) in [6, 6.07) is 6.87. The second-order valence-electron chi connectivity index (χ2n) is 3.55. The first-order valence-electron chi connectivity index (χ1n) is 5.15. The number of nitrogens with zero attached hydrogens (tertiary/aromatic N) is 1. The van der Waals surface area contributed by atoms with Crippen molar-refractivity contribution in [3.05, 3.63) is 47.9 Å². The monoisotopic (exact) mass is 247 g/mol. The fraction of sp³-hybridized carbons (Fsp3) is 0.0769. The molecule has 0 atom stereocenters. The van der Waals surface area contributed by atoms with Crippen LogP contribution in [0.2, 0.25) is 0 Å². The number of aromatic nitrogens is 1. The first-order chi connectivity index (χ1) is 8.63. The molecule has 2 rings (SSSR count). The Balaban J connectivity index is 2.67. The van der Waals surface area contributed by atoms with Gasteiger partial charge >= 0.3 is 5.97 Å². The van der Waals surface area contributed by atoms with Gasteiger partial charge in [0.1, 0.15) is 17.3 Å². The van der Waals surface area contributed by atoms with E-state index < -0.39 is 11.8 Å². The fourth-order valence-electron chi connectivity index (χ4n) is 1.66. The normalized spacial score (nSPS) is 10.1. The van der Waals surface area contributed by atoms with Crippen LogP contribution in [0, 0.1) is 5.82 Å². The highest BCUT2D eigenvalue weighted by atomic mass is 19.1. The van der Waals surface area contributed by atoms with E-state index in [1.165, 1.54) is 25.4 Å². The molecule has 0 aliphatic heterocycles. The third kappa shape index (κ3) is 2.15. The van der Waals surface area contributed by atoms with E-state index >= 15 is 0 Å². The molecule has 0 amide bonds. The lowest BCUT2D eigenvalue weighted by Crippen LogP contribution is -2.02. The third-order valence-corrected chi connectivity index (χ3v) is 2.46. The lowest BCUT2D eigenvalue weighted by molar-refractivity contribution is 0.0697. The number of pyridine rings is 1. The Hall–Kier alpha value is -2.43. The van der Waals surface area contributed by atoms with Gasteiger partial charge in [-0.3, -0.25) is 4.98 Å². The van der Waals surface area contributed by atoms with Crippen LogP contribution >= 0.6 is 0 Å². The molecule has 0 aliphatic rings. The largest absolute Gasteiger partial charge is 0.494 e. The van der Waals surface area contributed by atoms with E-state index in [2.05, 4.69) is 4.98 Å². The lowest BCUT2D eigenvalue weighted by atomic mass is 10.0. The number of hydrogen-bond acceptors (Lipinski definition) is 3. The van der Waals surface area contributed by atoms with Crippen molar-refractivity contribution in [3.8, 4) is 17.0 Å². The summed E-state index contributed by atoms with van der Waals surface area (Å²) in [6.45, 7) is 0. The van der Waals surface area contributed by atoms with Crippen molar-refractivity contribution < 1.29 is 19.0 Å².